The number of hydrogen-bond acceptors (Lipinski definition) is 3. The first-order valence-electron chi connectivity index (χ1n) is 6.55. The fourth-order valence-corrected chi connectivity index (χ4v) is 2.17. The zero-order valence-electron chi connectivity index (χ0n) is 11.5. The molecule has 5 heteroatoms. The molecule has 1 amide bonds. The third-order valence-electron chi connectivity index (χ3n) is 3.17. The van der Waals surface area contributed by atoms with Gasteiger partial charge in [-0.3, -0.25) is 9.59 Å². The first-order valence-corrected chi connectivity index (χ1v) is 6.55. The van der Waals surface area contributed by atoms with Crippen molar-refractivity contribution in [1.82, 2.24) is 10.6 Å². The highest BCUT2D eigenvalue weighted by atomic mass is 16.4. The number of carboxylic acid groups (broad SMARTS) is 1. The summed E-state index contributed by atoms with van der Waals surface area (Å²) in [4.78, 5) is 22.6. The maximum absolute atomic E-state index is 11.7. The van der Waals surface area contributed by atoms with E-state index in [0.717, 1.165) is 19.3 Å². The summed E-state index contributed by atoms with van der Waals surface area (Å²) in [5.74, 6) is -1.11. The van der Waals surface area contributed by atoms with Gasteiger partial charge in [0, 0.05) is 11.6 Å². The smallest absolute Gasteiger partial charge is 0.306 e. The normalized spacial score (nSPS) is 24.6. The highest BCUT2D eigenvalue weighted by Gasteiger charge is 2.27. The average molecular weight is 256 g/mol. The van der Waals surface area contributed by atoms with E-state index in [2.05, 4.69) is 10.6 Å². The molecule has 2 atom stereocenters. The van der Waals surface area contributed by atoms with Gasteiger partial charge in [-0.05, 0) is 40.0 Å². The Balaban J connectivity index is 2.33. The van der Waals surface area contributed by atoms with Gasteiger partial charge in [-0.25, -0.2) is 0 Å². The Bertz CT molecular complexity index is 310. The lowest BCUT2D eigenvalue weighted by Gasteiger charge is -2.28. The van der Waals surface area contributed by atoms with Crippen LogP contribution in [0.15, 0.2) is 0 Å². The summed E-state index contributed by atoms with van der Waals surface area (Å²) >= 11 is 0. The molecular weight excluding hydrogens is 232 g/mol. The monoisotopic (exact) mass is 256 g/mol. The molecule has 0 aromatic carbocycles. The summed E-state index contributed by atoms with van der Waals surface area (Å²) in [6.45, 7) is 6.28. The van der Waals surface area contributed by atoms with Crippen LogP contribution in [0.3, 0.4) is 0 Å². The van der Waals surface area contributed by atoms with Crippen molar-refractivity contribution in [2.45, 2.75) is 58.0 Å². The van der Waals surface area contributed by atoms with E-state index in [1.807, 2.05) is 20.8 Å². The van der Waals surface area contributed by atoms with E-state index in [0.29, 0.717) is 6.42 Å². The van der Waals surface area contributed by atoms with Crippen LogP contribution in [-0.2, 0) is 9.59 Å². The summed E-state index contributed by atoms with van der Waals surface area (Å²) in [6, 6.07) is 0.00844. The maximum atomic E-state index is 11.7. The van der Waals surface area contributed by atoms with Gasteiger partial charge in [-0.1, -0.05) is 6.42 Å². The molecule has 0 bridgehead atoms. The lowest BCUT2D eigenvalue weighted by Crippen LogP contribution is -2.47. The molecule has 0 aromatic heterocycles. The van der Waals surface area contributed by atoms with Crippen molar-refractivity contribution in [2.75, 3.05) is 6.54 Å². The van der Waals surface area contributed by atoms with E-state index in [-0.39, 0.29) is 30.0 Å². The molecule has 0 saturated heterocycles. The predicted molar refractivity (Wildman–Crippen MR) is 69.3 cm³/mol. The standard InChI is InChI=1S/C13H24N2O3/c1-13(2,3)14-8-11(16)15-10-6-4-5-9(7-10)12(17)18/h9-10,14H,4-8H2,1-3H3,(H,15,16)(H,17,18). The molecule has 3 N–H and O–H groups in total. The van der Waals surface area contributed by atoms with Crippen molar-refractivity contribution in [3.63, 3.8) is 0 Å². The molecule has 1 saturated carbocycles. The van der Waals surface area contributed by atoms with Crippen LogP contribution >= 0.6 is 0 Å². The van der Waals surface area contributed by atoms with Crippen LogP contribution in [-0.4, -0.2) is 35.1 Å². The van der Waals surface area contributed by atoms with Gasteiger partial charge in [0.15, 0.2) is 0 Å². The van der Waals surface area contributed by atoms with E-state index in [1.54, 1.807) is 0 Å². The van der Waals surface area contributed by atoms with E-state index in [9.17, 15) is 9.59 Å². The highest BCUT2D eigenvalue weighted by Crippen LogP contribution is 2.24. The minimum absolute atomic E-state index is 0.00844. The molecule has 1 aliphatic rings. The van der Waals surface area contributed by atoms with Gasteiger partial charge >= 0.3 is 5.97 Å². The number of rotatable bonds is 4. The largest absolute Gasteiger partial charge is 0.481 e. The topological polar surface area (TPSA) is 78.4 Å². The quantitative estimate of drug-likeness (QED) is 0.704. The van der Waals surface area contributed by atoms with E-state index in [4.69, 9.17) is 5.11 Å². The van der Waals surface area contributed by atoms with Crippen LogP contribution in [0.5, 0.6) is 0 Å². The summed E-state index contributed by atoms with van der Waals surface area (Å²) in [6.07, 6.45) is 3.03. The molecule has 1 aliphatic carbocycles. The van der Waals surface area contributed by atoms with Crippen LogP contribution in [0.4, 0.5) is 0 Å². The van der Waals surface area contributed by atoms with Crippen LogP contribution in [0, 0.1) is 5.92 Å². The number of aliphatic carboxylic acids is 1. The fraction of sp³-hybridized carbons (Fsp3) is 0.846. The maximum Gasteiger partial charge on any atom is 0.306 e. The zero-order valence-corrected chi connectivity index (χ0v) is 11.5. The Hall–Kier alpha value is -1.10. The minimum Gasteiger partial charge on any atom is -0.481 e. The third-order valence-corrected chi connectivity index (χ3v) is 3.17. The van der Waals surface area contributed by atoms with Crippen molar-refractivity contribution < 1.29 is 14.7 Å². The molecule has 18 heavy (non-hydrogen) atoms. The molecule has 0 heterocycles. The number of carboxylic acids is 1. The summed E-state index contributed by atoms with van der Waals surface area (Å²) < 4.78 is 0. The van der Waals surface area contributed by atoms with Crippen molar-refractivity contribution in [1.29, 1.82) is 0 Å². The predicted octanol–water partition coefficient (Wildman–Crippen LogP) is 1.13. The van der Waals surface area contributed by atoms with E-state index >= 15 is 0 Å². The van der Waals surface area contributed by atoms with Crippen molar-refractivity contribution in [3.8, 4) is 0 Å². The van der Waals surface area contributed by atoms with Gasteiger partial charge in [0.1, 0.15) is 0 Å². The molecule has 0 aromatic rings. The Morgan fingerprint density at radius 3 is 2.50 bits per heavy atom. The number of hydrogen-bond donors (Lipinski definition) is 3. The van der Waals surface area contributed by atoms with Crippen LogP contribution in [0.2, 0.25) is 0 Å². The van der Waals surface area contributed by atoms with Crippen molar-refractivity contribution in [2.24, 2.45) is 5.92 Å². The molecule has 0 aliphatic heterocycles. The van der Waals surface area contributed by atoms with Crippen molar-refractivity contribution in [3.05, 3.63) is 0 Å². The molecule has 0 radical (unpaired) electrons. The Morgan fingerprint density at radius 1 is 1.28 bits per heavy atom. The molecule has 104 valence electrons. The molecule has 0 spiro atoms. The highest BCUT2D eigenvalue weighted by molar-refractivity contribution is 5.78. The Kier molecular flexibility index (Phi) is 5.14. The minimum atomic E-state index is -0.748. The fourth-order valence-electron chi connectivity index (χ4n) is 2.17. The van der Waals surface area contributed by atoms with Gasteiger partial charge in [-0.15, -0.1) is 0 Å². The average Bonchev–Trinajstić information content (AvgIpc) is 2.26. The lowest BCUT2D eigenvalue weighted by atomic mass is 9.86. The third kappa shape index (κ3) is 5.49. The molecule has 2 unspecified atom stereocenters. The number of carbonyl (C=O) groups excluding carboxylic acids is 1. The lowest BCUT2D eigenvalue weighted by molar-refractivity contribution is -0.143. The zero-order chi connectivity index (χ0) is 13.8. The first kappa shape index (κ1) is 15.0. The van der Waals surface area contributed by atoms with E-state index in [1.165, 1.54) is 0 Å². The number of nitrogens with one attached hydrogen (secondary N) is 2. The Morgan fingerprint density at radius 2 is 1.94 bits per heavy atom. The van der Waals surface area contributed by atoms with E-state index < -0.39 is 5.97 Å². The molecule has 1 rings (SSSR count). The molecule has 1 fully saturated rings. The van der Waals surface area contributed by atoms with Crippen LogP contribution < -0.4 is 10.6 Å². The summed E-state index contributed by atoms with van der Waals surface area (Å²) in [7, 11) is 0. The van der Waals surface area contributed by atoms with Gasteiger partial charge in [-0.2, -0.15) is 0 Å². The second-order valence-electron chi connectivity index (χ2n) is 6.07. The van der Waals surface area contributed by atoms with Gasteiger partial charge in [0.2, 0.25) is 5.91 Å². The SMILES string of the molecule is CC(C)(C)NCC(=O)NC1CCCC(C(=O)O)C1. The van der Waals surface area contributed by atoms with Crippen LogP contribution in [0.1, 0.15) is 46.5 Å². The Labute approximate surface area is 108 Å². The molecular formula is C13H24N2O3. The first-order chi connectivity index (χ1) is 8.28. The molecule has 5 nitrogen and oxygen atoms in total. The van der Waals surface area contributed by atoms with Crippen molar-refractivity contribution >= 4 is 11.9 Å². The number of carbonyl (C=O) groups is 2. The van der Waals surface area contributed by atoms with Gasteiger partial charge < -0.3 is 15.7 Å². The summed E-state index contributed by atoms with van der Waals surface area (Å²) in [5.41, 5.74) is -0.0898. The summed E-state index contributed by atoms with van der Waals surface area (Å²) in [5, 5.41) is 15.0. The second kappa shape index (κ2) is 6.18. The van der Waals surface area contributed by atoms with Crippen LogP contribution in [0.25, 0.3) is 0 Å². The number of amides is 1. The second-order valence-corrected chi connectivity index (χ2v) is 6.07. The van der Waals surface area contributed by atoms with Gasteiger partial charge in [0.25, 0.3) is 0 Å². The van der Waals surface area contributed by atoms with Gasteiger partial charge in [0.05, 0.1) is 12.5 Å².